The van der Waals surface area contributed by atoms with Gasteiger partial charge < -0.3 is 0 Å². The maximum Gasteiger partial charge on any atom is 0.158 e. The summed E-state index contributed by atoms with van der Waals surface area (Å²) in [6.07, 6.45) is 5.35. The molecular formula is C24H27F2N3O. The Labute approximate surface area is 175 Å². The summed E-state index contributed by atoms with van der Waals surface area (Å²) in [5, 5.41) is 8.76. The maximum atomic E-state index is 14.4. The predicted octanol–water partition coefficient (Wildman–Crippen LogP) is 5.16. The molecule has 6 heteroatoms. The van der Waals surface area contributed by atoms with Gasteiger partial charge in [-0.2, -0.15) is 10.2 Å². The van der Waals surface area contributed by atoms with E-state index in [0.717, 1.165) is 31.4 Å². The van der Waals surface area contributed by atoms with Crippen LogP contribution in [0.4, 0.5) is 8.78 Å². The monoisotopic (exact) mass is 411 g/mol. The minimum atomic E-state index is -0.679. The van der Waals surface area contributed by atoms with E-state index in [0.29, 0.717) is 6.04 Å². The molecule has 4 aliphatic rings. The lowest BCUT2D eigenvalue weighted by Gasteiger charge is -2.58. The summed E-state index contributed by atoms with van der Waals surface area (Å²) in [6, 6.07) is 3.95. The van der Waals surface area contributed by atoms with Gasteiger partial charge in [0.2, 0.25) is 0 Å². The van der Waals surface area contributed by atoms with Gasteiger partial charge in [-0.05, 0) is 68.2 Å². The zero-order valence-electron chi connectivity index (χ0n) is 17.4. The third kappa shape index (κ3) is 2.62. The molecule has 1 aliphatic carbocycles. The van der Waals surface area contributed by atoms with Crippen molar-refractivity contribution in [3.8, 4) is 0 Å². The van der Waals surface area contributed by atoms with Crippen molar-refractivity contribution in [2.24, 2.45) is 27.5 Å². The van der Waals surface area contributed by atoms with Gasteiger partial charge in [0.25, 0.3) is 0 Å². The number of piperidine rings is 1. The number of allylic oxidation sites excluding steroid dienone is 2. The Kier molecular flexibility index (Phi) is 4.54. The van der Waals surface area contributed by atoms with Gasteiger partial charge >= 0.3 is 0 Å². The van der Waals surface area contributed by atoms with Crippen LogP contribution in [-0.4, -0.2) is 35.4 Å². The number of hydrogen-bond acceptors (Lipinski definition) is 4. The number of carbonyl (C=O) groups is 1. The average molecular weight is 411 g/mol. The number of ketones is 1. The summed E-state index contributed by atoms with van der Waals surface area (Å²) in [5.74, 6) is -0.970. The second-order valence-corrected chi connectivity index (χ2v) is 9.36. The third-order valence-corrected chi connectivity index (χ3v) is 8.23. The lowest BCUT2D eigenvalue weighted by molar-refractivity contribution is -0.155. The van der Waals surface area contributed by atoms with Gasteiger partial charge in [0.05, 0.1) is 28.8 Å². The van der Waals surface area contributed by atoms with Crippen LogP contribution < -0.4 is 0 Å². The highest BCUT2D eigenvalue weighted by molar-refractivity contribution is 5.92. The van der Waals surface area contributed by atoms with E-state index in [9.17, 15) is 13.6 Å². The highest BCUT2D eigenvalue weighted by atomic mass is 19.1. The van der Waals surface area contributed by atoms with Crippen molar-refractivity contribution in [2.45, 2.75) is 57.7 Å². The quantitative estimate of drug-likeness (QED) is 0.689. The molecular weight excluding hydrogens is 384 g/mol. The normalized spacial score (nSPS) is 39.7. The fraction of sp³-hybridized carbons (Fsp3) is 0.542. The summed E-state index contributed by atoms with van der Waals surface area (Å²) >= 11 is 0. The highest BCUT2D eigenvalue weighted by Gasteiger charge is 2.60. The molecule has 6 atom stereocenters. The van der Waals surface area contributed by atoms with Crippen molar-refractivity contribution in [3.05, 3.63) is 53.6 Å². The number of benzene rings is 1. The molecule has 3 heterocycles. The first-order chi connectivity index (χ1) is 14.3. The third-order valence-electron chi connectivity index (χ3n) is 8.23. The van der Waals surface area contributed by atoms with Crippen LogP contribution in [0.3, 0.4) is 0 Å². The molecule has 5 unspecified atom stereocenters. The standard InChI is InChI=1S/C24H27F2N3O/c1-13-11-20(22-18(25)5-4-6-19(22)26)28-27-15(3)24(9-7-17(13)14(24)2)23(30)21-12-16-8-10-29(16)21/h4-6,11,14-17,21H,1,7-10,12H2,2-3H3/b20-11-,28-27?/t14-,15?,16?,17?,21?,24?/m1/s1. The topological polar surface area (TPSA) is 45.0 Å². The first kappa shape index (κ1) is 19.7. The van der Waals surface area contributed by atoms with Gasteiger partial charge in [-0.25, -0.2) is 8.78 Å². The Morgan fingerprint density at radius 3 is 2.57 bits per heavy atom. The summed E-state index contributed by atoms with van der Waals surface area (Å²) in [4.78, 5) is 16.1. The van der Waals surface area contributed by atoms with Gasteiger partial charge in [0.1, 0.15) is 11.6 Å². The first-order valence-electron chi connectivity index (χ1n) is 10.9. The van der Waals surface area contributed by atoms with Gasteiger partial charge in [-0.15, -0.1) is 0 Å². The van der Waals surface area contributed by atoms with Crippen molar-refractivity contribution >= 4 is 11.5 Å². The van der Waals surface area contributed by atoms with Crippen molar-refractivity contribution < 1.29 is 13.6 Å². The second-order valence-electron chi connectivity index (χ2n) is 9.36. The molecule has 2 saturated heterocycles. The number of azo groups is 1. The molecule has 0 spiro atoms. The molecule has 0 amide bonds. The van der Waals surface area contributed by atoms with Crippen LogP contribution in [0.15, 0.2) is 46.7 Å². The second kappa shape index (κ2) is 6.91. The maximum absolute atomic E-state index is 14.4. The molecule has 0 radical (unpaired) electrons. The number of Topliss-reactive ketones (excluding diaryl/α,β-unsaturated/α-hetero) is 1. The zero-order valence-corrected chi connectivity index (χ0v) is 17.4. The molecule has 1 aromatic carbocycles. The Morgan fingerprint density at radius 2 is 1.97 bits per heavy atom. The zero-order chi connectivity index (χ0) is 21.2. The van der Waals surface area contributed by atoms with E-state index in [1.165, 1.54) is 24.6 Å². The first-order valence-corrected chi connectivity index (χ1v) is 10.9. The van der Waals surface area contributed by atoms with Crippen molar-refractivity contribution in [2.75, 3.05) is 6.54 Å². The molecule has 4 nitrogen and oxygen atoms in total. The van der Waals surface area contributed by atoms with Crippen LogP contribution in [0.5, 0.6) is 0 Å². The fourth-order valence-electron chi connectivity index (χ4n) is 6.26. The Hall–Kier alpha value is -2.21. The Morgan fingerprint density at radius 1 is 1.23 bits per heavy atom. The minimum Gasteiger partial charge on any atom is -0.297 e. The number of fused-ring (bicyclic) bond motifs is 3. The predicted molar refractivity (Wildman–Crippen MR) is 111 cm³/mol. The van der Waals surface area contributed by atoms with Crippen molar-refractivity contribution in [1.82, 2.24) is 4.90 Å². The van der Waals surface area contributed by atoms with Crippen molar-refractivity contribution in [1.29, 1.82) is 0 Å². The number of carbonyl (C=O) groups excluding carboxylic acids is 1. The number of hydrogen-bond donors (Lipinski definition) is 0. The smallest absolute Gasteiger partial charge is 0.158 e. The molecule has 3 fully saturated rings. The molecule has 158 valence electrons. The summed E-state index contributed by atoms with van der Waals surface area (Å²) in [6.45, 7) is 9.24. The molecule has 1 aromatic rings. The molecule has 30 heavy (non-hydrogen) atoms. The van der Waals surface area contributed by atoms with Crippen molar-refractivity contribution in [3.63, 3.8) is 0 Å². The van der Waals surface area contributed by atoms with Crippen LogP contribution in [0.1, 0.15) is 45.1 Å². The molecule has 2 bridgehead atoms. The van der Waals surface area contributed by atoms with Crippen LogP contribution in [-0.2, 0) is 4.79 Å². The summed E-state index contributed by atoms with van der Waals surface area (Å²) < 4.78 is 28.9. The Balaban J connectivity index is 1.55. The molecule has 5 rings (SSSR count). The summed E-state index contributed by atoms with van der Waals surface area (Å²) in [7, 11) is 0. The van der Waals surface area contributed by atoms with Gasteiger partial charge in [0.15, 0.2) is 5.78 Å². The number of nitrogens with zero attached hydrogens (tertiary/aromatic N) is 3. The van der Waals surface area contributed by atoms with E-state index in [1.54, 1.807) is 6.08 Å². The molecule has 3 aliphatic heterocycles. The van der Waals surface area contributed by atoms with E-state index in [2.05, 4.69) is 28.6 Å². The van der Waals surface area contributed by atoms with E-state index in [-0.39, 0.29) is 41.0 Å². The van der Waals surface area contributed by atoms with Crippen LogP contribution >= 0.6 is 0 Å². The van der Waals surface area contributed by atoms with Crippen LogP contribution in [0.25, 0.3) is 5.70 Å². The molecule has 1 saturated carbocycles. The van der Waals surface area contributed by atoms with Gasteiger partial charge in [-0.1, -0.05) is 19.6 Å². The van der Waals surface area contributed by atoms with E-state index < -0.39 is 17.0 Å². The molecule has 0 aromatic heterocycles. The van der Waals surface area contributed by atoms with Crippen LogP contribution in [0, 0.1) is 28.9 Å². The SMILES string of the molecule is C=C1/C=C(/c2c(F)cccc2F)N=NC(C)C2(C(=O)C3CC4CCN43)CCC1[C@H]2C. The molecule has 0 N–H and O–H groups in total. The largest absolute Gasteiger partial charge is 0.297 e. The minimum absolute atomic E-state index is 0.0203. The Bertz CT molecular complexity index is 966. The number of halogens is 2. The van der Waals surface area contributed by atoms with E-state index in [4.69, 9.17) is 0 Å². The highest BCUT2D eigenvalue weighted by Crippen LogP contribution is 2.56. The number of rotatable bonds is 3. The lowest BCUT2D eigenvalue weighted by atomic mass is 9.63. The average Bonchev–Trinajstić information content (AvgIpc) is 3.05. The van der Waals surface area contributed by atoms with Crippen LogP contribution in [0.2, 0.25) is 0 Å². The van der Waals surface area contributed by atoms with Gasteiger partial charge in [-0.3, -0.25) is 9.69 Å². The fourth-order valence-corrected chi connectivity index (χ4v) is 6.26. The van der Waals surface area contributed by atoms with E-state index in [1.807, 2.05) is 6.92 Å². The lowest BCUT2D eigenvalue weighted by Crippen LogP contribution is -2.69. The summed E-state index contributed by atoms with van der Waals surface area (Å²) in [5.41, 5.74) is 0.0942. The van der Waals surface area contributed by atoms with E-state index >= 15 is 0 Å². The van der Waals surface area contributed by atoms with Gasteiger partial charge in [0, 0.05) is 12.6 Å².